The number of hydrogen-bond donors (Lipinski definition) is 0. The van der Waals surface area contributed by atoms with E-state index in [0.29, 0.717) is 22.3 Å². The van der Waals surface area contributed by atoms with Gasteiger partial charge in [0.05, 0.1) is 25.6 Å². The third-order valence-electron chi connectivity index (χ3n) is 2.93. The topological polar surface area (TPSA) is 44.2 Å². The Morgan fingerprint density at radius 3 is 2.32 bits per heavy atom. The fourth-order valence-electron chi connectivity index (χ4n) is 1.75. The molecule has 0 aliphatic rings. The van der Waals surface area contributed by atoms with Crippen molar-refractivity contribution in [2.45, 2.75) is 13.8 Å². The van der Waals surface area contributed by atoms with Gasteiger partial charge < -0.3 is 9.47 Å². The standard InChI is InChI=1S/C14H15ClN2O2/c1-8-9(2)17-14(15)13(16-8)11-7-10(18-3)5-6-12(11)19-4/h5-7H,1-4H3. The quantitative estimate of drug-likeness (QED) is 0.863. The number of benzene rings is 1. The highest BCUT2D eigenvalue weighted by Crippen LogP contribution is 2.35. The third-order valence-corrected chi connectivity index (χ3v) is 3.19. The predicted molar refractivity (Wildman–Crippen MR) is 75.1 cm³/mol. The lowest BCUT2D eigenvalue weighted by molar-refractivity contribution is 0.404. The molecule has 0 fully saturated rings. The lowest BCUT2D eigenvalue weighted by Crippen LogP contribution is -1.98. The average molecular weight is 279 g/mol. The molecular weight excluding hydrogens is 264 g/mol. The molecule has 0 saturated carbocycles. The Morgan fingerprint density at radius 2 is 1.68 bits per heavy atom. The third kappa shape index (κ3) is 2.63. The second-order valence-electron chi connectivity index (χ2n) is 4.10. The first-order valence-electron chi connectivity index (χ1n) is 5.80. The number of aryl methyl sites for hydroxylation is 2. The first kappa shape index (κ1) is 13.6. The van der Waals surface area contributed by atoms with Crippen LogP contribution in [-0.4, -0.2) is 24.2 Å². The SMILES string of the molecule is COc1ccc(OC)c(-c2nc(C)c(C)nc2Cl)c1. The van der Waals surface area contributed by atoms with Crippen molar-refractivity contribution in [3.05, 3.63) is 34.7 Å². The van der Waals surface area contributed by atoms with E-state index in [0.717, 1.165) is 17.0 Å². The summed E-state index contributed by atoms with van der Waals surface area (Å²) in [5, 5.41) is 0.356. The van der Waals surface area contributed by atoms with Crippen LogP contribution in [0.1, 0.15) is 11.4 Å². The Morgan fingerprint density at radius 1 is 1.00 bits per heavy atom. The van der Waals surface area contributed by atoms with Crippen LogP contribution in [0.25, 0.3) is 11.3 Å². The van der Waals surface area contributed by atoms with Gasteiger partial charge in [0.1, 0.15) is 17.2 Å². The van der Waals surface area contributed by atoms with Gasteiger partial charge in [-0.2, -0.15) is 0 Å². The van der Waals surface area contributed by atoms with Gasteiger partial charge in [0, 0.05) is 5.56 Å². The van der Waals surface area contributed by atoms with Crippen LogP contribution in [0.15, 0.2) is 18.2 Å². The van der Waals surface area contributed by atoms with Gasteiger partial charge in [-0.3, -0.25) is 0 Å². The maximum atomic E-state index is 6.19. The Hall–Kier alpha value is -1.81. The summed E-state index contributed by atoms with van der Waals surface area (Å²) < 4.78 is 10.6. The molecule has 0 radical (unpaired) electrons. The first-order valence-corrected chi connectivity index (χ1v) is 6.17. The van der Waals surface area contributed by atoms with Crippen LogP contribution in [-0.2, 0) is 0 Å². The van der Waals surface area contributed by atoms with Gasteiger partial charge in [-0.15, -0.1) is 0 Å². The lowest BCUT2D eigenvalue weighted by atomic mass is 10.1. The summed E-state index contributed by atoms with van der Waals surface area (Å²) in [6.45, 7) is 3.77. The number of rotatable bonds is 3. The molecule has 0 spiro atoms. The number of halogens is 1. The summed E-state index contributed by atoms with van der Waals surface area (Å²) >= 11 is 6.19. The van der Waals surface area contributed by atoms with Crippen molar-refractivity contribution in [1.82, 2.24) is 9.97 Å². The molecule has 2 rings (SSSR count). The maximum Gasteiger partial charge on any atom is 0.155 e. The molecule has 0 unspecified atom stereocenters. The summed E-state index contributed by atoms with van der Waals surface area (Å²) in [6.07, 6.45) is 0. The van der Waals surface area contributed by atoms with Crippen LogP contribution in [0, 0.1) is 13.8 Å². The molecule has 1 aromatic heterocycles. The molecule has 100 valence electrons. The molecule has 0 aliphatic heterocycles. The van der Waals surface area contributed by atoms with E-state index in [1.165, 1.54) is 0 Å². The minimum absolute atomic E-state index is 0.356. The average Bonchev–Trinajstić information content (AvgIpc) is 2.42. The van der Waals surface area contributed by atoms with Crippen LogP contribution in [0.4, 0.5) is 0 Å². The molecule has 4 nitrogen and oxygen atoms in total. The van der Waals surface area contributed by atoms with Crippen molar-refractivity contribution in [1.29, 1.82) is 0 Å². The van der Waals surface area contributed by atoms with Crippen molar-refractivity contribution in [3.63, 3.8) is 0 Å². The smallest absolute Gasteiger partial charge is 0.155 e. The monoisotopic (exact) mass is 278 g/mol. The zero-order chi connectivity index (χ0) is 14.0. The predicted octanol–water partition coefficient (Wildman–Crippen LogP) is 3.43. The van der Waals surface area contributed by atoms with Gasteiger partial charge in [-0.1, -0.05) is 11.6 Å². The highest BCUT2D eigenvalue weighted by molar-refractivity contribution is 6.31. The van der Waals surface area contributed by atoms with E-state index in [2.05, 4.69) is 9.97 Å². The summed E-state index contributed by atoms with van der Waals surface area (Å²) in [4.78, 5) is 8.78. The number of ether oxygens (including phenoxy) is 2. The Balaban J connectivity index is 2.66. The van der Waals surface area contributed by atoms with Crippen molar-refractivity contribution >= 4 is 11.6 Å². The van der Waals surface area contributed by atoms with Crippen molar-refractivity contribution in [2.75, 3.05) is 14.2 Å². The van der Waals surface area contributed by atoms with Crippen LogP contribution in [0.5, 0.6) is 11.5 Å². The van der Waals surface area contributed by atoms with Crippen LogP contribution >= 0.6 is 11.6 Å². The van der Waals surface area contributed by atoms with Crippen LogP contribution in [0.3, 0.4) is 0 Å². The van der Waals surface area contributed by atoms with Gasteiger partial charge in [-0.25, -0.2) is 9.97 Å². The van der Waals surface area contributed by atoms with E-state index in [-0.39, 0.29) is 0 Å². The van der Waals surface area contributed by atoms with Crippen molar-refractivity contribution < 1.29 is 9.47 Å². The number of aromatic nitrogens is 2. The van der Waals surface area contributed by atoms with Crippen LogP contribution in [0.2, 0.25) is 5.15 Å². The summed E-state index contributed by atoms with van der Waals surface area (Å²) in [5.41, 5.74) is 3.02. The molecular formula is C14H15ClN2O2. The Kier molecular flexibility index (Phi) is 3.90. The van der Waals surface area contributed by atoms with Crippen molar-refractivity contribution in [3.8, 4) is 22.8 Å². The second kappa shape index (κ2) is 5.45. The molecule has 5 heteroatoms. The molecule has 0 aliphatic carbocycles. The highest BCUT2D eigenvalue weighted by Gasteiger charge is 2.15. The molecule has 1 aromatic carbocycles. The second-order valence-corrected chi connectivity index (χ2v) is 4.46. The van der Waals surface area contributed by atoms with Gasteiger partial charge in [0.15, 0.2) is 5.15 Å². The molecule has 2 aromatic rings. The molecule has 0 atom stereocenters. The fourth-order valence-corrected chi connectivity index (χ4v) is 2.02. The normalized spacial score (nSPS) is 10.4. The summed E-state index contributed by atoms with van der Waals surface area (Å²) in [5.74, 6) is 1.40. The minimum Gasteiger partial charge on any atom is -0.497 e. The van der Waals surface area contributed by atoms with Crippen molar-refractivity contribution in [2.24, 2.45) is 0 Å². The van der Waals surface area contributed by atoms with E-state index in [4.69, 9.17) is 21.1 Å². The molecule has 1 heterocycles. The van der Waals surface area contributed by atoms with Gasteiger partial charge in [0.2, 0.25) is 0 Å². The minimum atomic E-state index is 0.356. The van der Waals surface area contributed by atoms with Gasteiger partial charge in [-0.05, 0) is 32.0 Å². The van der Waals surface area contributed by atoms with Gasteiger partial charge >= 0.3 is 0 Å². The number of methoxy groups -OCH3 is 2. The van der Waals surface area contributed by atoms with Crippen LogP contribution < -0.4 is 9.47 Å². The lowest BCUT2D eigenvalue weighted by Gasteiger charge is -2.12. The largest absolute Gasteiger partial charge is 0.497 e. The van der Waals surface area contributed by atoms with Gasteiger partial charge in [0.25, 0.3) is 0 Å². The van der Waals surface area contributed by atoms with E-state index in [9.17, 15) is 0 Å². The maximum absolute atomic E-state index is 6.19. The molecule has 19 heavy (non-hydrogen) atoms. The highest BCUT2D eigenvalue weighted by atomic mass is 35.5. The number of nitrogens with zero attached hydrogens (tertiary/aromatic N) is 2. The Bertz CT molecular complexity index is 615. The molecule has 0 N–H and O–H groups in total. The molecule has 0 bridgehead atoms. The van der Waals surface area contributed by atoms with E-state index >= 15 is 0 Å². The van der Waals surface area contributed by atoms with E-state index < -0.39 is 0 Å². The van der Waals surface area contributed by atoms with E-state index in [1.54, 1.807) is 14.2 Å². The zero-order valence-electron chi connectivity index (χ0n) is 11.3. The zero-order valence-corrected chi connectivity index (χ0v) is 12.1. The van der Waals surface area contributed by atoms with E-state index in [1.807, 2.05) is 32.0 Å². The molecule has 0 saturated heterocycles. The molecule has 0 amide bonds. The summed E-state index contributed by atoms with van der Waals surface area (Å²) in [7, 11) is 3.22. The Labute approximate surface area is 117 Å². The summed E-state index contributed by atoms with van der Waals surface area (Å²) in [6, 6.07) is 5.48. The fraction of sp³-hybridized carbons (Fsp3) is 0.286. The number of hydrogen-bond acceptors (Lipinski definition) is 4. The first-order chi connectivity index (χ1) is 9.06.